The maximum Gasteiger partial charge on any atom is 0.253 e. The summed E-state index contributed by atoms with van der Waals surface area (Å²) in [4.78, 5) is 14.9. The summed E-state index contributed by atoms with van der Waals surface area (Å²) in [6.45, 7) is 0.928. The summed E-state index contributed by atoms with van der Waals surface area (Å²) in [5.74, 6) is 0.616. The number of aromatic amines is 1. The third-order valence-electron chi connectivity index (χ3n) is 5.50. The van der Waals surface area contributed by atoms with E-state index in [1.54, 1.807) is 23.1 Å². The van der Waals surface area contributed by atoms with Crippen LogP contribution in [0.25, 0.3) is 11.0 Å². The van der Waals surface area contributed by atoms with Crippen LogP contribution in [0.15, 0.2) is 42.5 Å². The molecule has 1 aliphatic heterocycles. The summed E-state index contributed by atoms with van der Waals surface area (Å²) in [7, 11) is 0. The minimum atomic E-state index is -1.03. The van der Waals surface area contributed by atoms with Gasteiger partial charge in [-0.1, -0.05) is 18.2 Å². The smallest absolute Gasteiger partial charge is 0.253 e. The van der Waals surface area contributed by atoms with E-state index in [0.717, 1.165) is 30.6 Å². The van der Waals surface area contributed by atoms with Crippen molar-refractivity contribution in [3.8, 4) is 5.75 Å². The van der Waals surface area contributed by atoms with E-state index in [9.17, 15) is 15.0 Å². The molecule has 158 valence electrons. The lowest BCUT2D eigenvalue weighted by atomic mass is 10.1. The number of aromatic nitrogens is 3. The van der Waals surface area contributed by atoms with Gasteiger partial charge in [-0.2, -0.15) is 15.4 Å². The number of amides is 1. The first kappa shape index (κ1) is 20.3. The van der Waals surface area contributed by atoms with Crippen LogP contribution in [0, 0.1) is 0 Å². The SMILES string of the molecule is O=C(c1ccc2n[nH]nc2c1)N1CCCCc2ccccc2OC[C@@H](O)[C@@H](O)CC1. The van der Waals surface area contributed by atoms with Crippen LogP contribution in [0.2, 0.25) is 0 Å². The normalized spacial score (nSPS) is 21.1. The summed E-state index contributed by atoms with van der Waals surface area (Å²) in [5.41, 5.74) is 2.93. The van der Waals surface area contributed by atoms with E-state index in [-0.39, 0.29) is 18.9 Å². The highest BCUT2D eigenvalue weighted by molar-refractivity contribution is 5.97. The molecule has 0 bridgehead atoms. The van der Waals surface area contributed by atoms with Crippen molar-refractivity contribution in [1.82, 2.24) is 20.3 Å². The van der Waals surface area contributed by atoms with Crippen molar-refractivity contribution in [3.05, 3.63) is 53.6 Å². The molecule has 0 saturated heterocycles. The largest absolute Gasteiger partial charge is 0.491 e. The van der Waals surface area contributed by atoms with Crippen LogP contribution < -0.4 is 4.74 Å². The van der Waals surface area contributed by atoms with Gasteiger partial charge in [0.2, 0.25) is 0 Å². The second-order valence-electron chi connectivity index (χ2n) is 7.62. The number of H-pyrrole nitrogens is 1. The number of para-hydroxylation sites is 1. The Morgan fingerprint density at radius 2 is 1.87 bits per heavy atom. The minimum Gasteiger partial charge on any atom is -0.491 e. The molecule has 0 radical (unpaired) electrons. The molecule has 30 heavy (non-hydrogen) atoms. The van der Waals surface area contributed by atoms with Crippen LogP contribution in [0.4, 0.5) is 0 Å². The third kappa shape index (κ3) is 4.60. The lowest BCUT2D eigenvalue weighted by molar-refractivity contribution is -0.0150. The number of nitrogens with zero attached hydrogens (tertiary/aromatic N) is 3. The molecule has 2 aromatic carbocycles. The fraction of sp³-hybridized carbons (Fsp3) is 0.409. The zero-order chi connectivity index (χ0) is 20.9. The lowest BCUT2D eigenvalue weighted by Gasteiger charge is -2.25. The number of hydrogen-bond acceptors (Lipinski definition) is 6. The molecule has 3 aromatic rings. The standard InChI is InChI=1S/C22H26N4O4/c27-19-10-12-26(22(29)16-8-9-17-18(13-16)24-25-23-17)11-4-3-6-15-5-1-2-7-21(15)30-14-20(19)28/h1-2,5,7-9,13,19-20,27-28H,3-4,6,10-12,14H2,(H,23,24,25)/t19-,20+/m0/s1. The Morgan fingerprint density at radius 1 is 1.03 bits per heavy atom. The molecule has 0 spiro atoms. The number of benzene rings is 2. The van der Waals surface area contributed by atoms with E-state index in [4.69, 9.17) is 4.74 Å². The molecule has 0 fully saturated rings. The fourth-order valence-corrected chi connectivity index (χ4v) is 3.71. The van der Waals surface area contributed by atoms with Gasteiger partial charge in [0, 0.05) is 18.7 Å². The van der Waals surface area contributed by atoms with Gasteiger partial charge in [-0.3, -0.25) is 4.79 Å². The maximum atomic E-state index is 13.1. The van der Waals surface area contributed by atoms with E-state index in [0.29, 0.717) is 29.7 Å². The molecule has 8 nitrogen and oxygen atoms in total. The average molecular weight is 410 g/mol. The molecule has 0 unspecified atom stereocenters. The van der Waals surface area contributed by atoms with Crippen molar-refractivity contribution in [2.24, 2.45) is 0 Å². The van der Waals surface area contributed by atoms with Crippen LogP contribution >= 0.6 is 0 Å². The van der Waals surface area contributed by atoms with Crippen molar-refractivity contribution >= 4 is 16.9 Å². The molecular weight excluding hydrogens is 384 g/mol. The summed E-state index contributed by atoms with van der Waals surface area (Å²) in [6.07, 6.45) is 0.808. The van der Waals surface area contributed by atoms with Crippen molar-refractivity contribution < 1.29 is 19.7 Å². The Bertz CT molecular complexity index is 1010. The Hall–Kier alpha value is -2.97. The van der Waals surface area contributed by atoms with Crippen molar-refractivity contribution in [1.29, 1.82) is 0 Å². The quantitative estimate of drug-likeness (QED) is 0.565. The van der Waals surface area contributed by atoms with Gasteiger partial charge >= 0.3 is 0 Å². The number of hydrogen-bond donors (Lipinski definition) is 3. The number of aliphatic hydroxyl groups is 2. The Kier molecular flexibility index (Phi) is 6.25. The van der Waals surface area contributed by atoms with Crippen molar-refractivity contribution in [2.75, 3.05) is 19.7 Å². The average Bonchev–Trinajstić information content (AvgIpc) is 3.24. The number of carbonyl (C=O) groups excluding carboxylic acids is 1. The summed E-state index contributed by atoms with van der Waals surface area (Å²) >= 11 is 0. The zero-order valence-electron chi connectivity index (χ0n) is 16.7. The topological polar surface area (TPSA) is 112 Å². The number of ether oxygens (including phenoxy) is 1. The minimum absolute atomic E-state index is 0.00888. The second kappa shape index (κ2) is 9.23. The van der Waals surface area contributed by atoms with Gasteiger partial charge in [0.1, 0.15) is 29.5 Å². The predicted octanol–water partition coefficient (Wildman–Crippen LogP) is 1.93. The zero-order valence-corrected chi connectivity index (χ0v) is 16.7. The highest BCUT2D eigenvalue weighted by Gasteiger charge is 2.22. The van der Waals surface area contributed by atoms with Gasteiger partial charge in [0.15, 0.2) is 0 Å². The van der Waals surface area contributed by atoms with Gasteiger partial charge in [0.05, 0.1) is 6.10 Å². The number of aliphatic hydroxyl groups excluding tert-OH is 2. The highest BCUT2D eigenvalue weighted by Crippen LogP contribution is 2.22. The van der Waals surface area contributed by atoms with Crippen LogP contribution in [-0.2, 0) is 6.42 Å². The van der Waals surface area contributed by atoms with E-state index in [1.807, 2.05) is 24.3 Å². The monoisotopic (exact) mass is 410 g/mol. The maximum absolute atomic E-state index is 13.1. The van der Waals surface area contributed by atoms with E-state index >= 15 is 0 Å². The van der Waals surface area contributed by atoms with E-state index < -0.39 is 12.2 Å². The lowest BCUT2D eigenvalue weighted by Crippen LogP contribution is -2.38. The molecule has 0 aliphatic carbocycles. The molecule has 4 rings (SSSR count). The van der Waals surface area contributed by atoms with Gasteiger partial charge < -0.3 is 19.8 Å². The summed E-state index contributed by atoms with van der Waals surface area (Å²) in [6, 6.07) is 13.0. The number of carbonyl (C=O) groups is 1. The molecule has 3 N–H and O–H groups in total. The van der Waals surface area contributed by atoms with Gasteiger partial charge in [0.25, 0.3) is 5.91 Å². The second-order valence-corrected chi connectivity index (χ2v) is 7.62. The van der Waals surface area contributed by atoms with Crippen LogP contribution in [0.3, 0.4) is 0 Å². The van der Waals surface area contributed by atoms with E-state index in [2.05, 4.69) is 15.4 Å². The third-order valence-corrected chi connectivity index (χ3v) is 5.50. The molecule has 0 saturated carbocycles. The number of fused-ring (bicyclic) bond motifs is 2. The first-order valence-corrected chi connectivity index (χ1v) is 10.3. The number of rotatable bonds is 1. The van der Waals surface area contributed by atoms with Crippen LogP contribution in [0.1, 0.15) is 35.2 Å². The Balaban J connectivity index is 1.51. The highest BCUT2D eigenvalue weighted by atomic mass is 16.5. The van der Waals surface area contributed by atoms with Crippen LogP contribution in [-0.4, -0.2) is 68.3 Å². The van der Waals surface area contributed by atoms with Crippen molar-refractivity contribution in [3.63, 3.8) is 0 Å². The Labute approximate surface area is 174 Å². The Morgan fingerprint density at radius 3 is 2.77 bits per heavy atom. The molecule has 2 atom stereocenters. The predicted molar refractivity (Wildman–Crippen MR) is 111 cm³/mol. The number of aryl methyl sites for hydroxylation is 1. The van der Waals surface area contributed by atoms with Crippen molar-refractivity contribution in [2.45, 2.75) is 37.9 Å². The van der Waals surface area contributed by atoms with Gasteiger partial charge in [-0.25, -0.2) is 0 Å². The summed E-state index contributed by atoms with van der Waals surface area (Å²) < 4.78 is 5.75. The molecule has 8 heteroatoms. The van der Waals surface area contributed by atoms with Gasteiger partial charge in [-0.05, 0) is 55.5 Å². The van der Waals surface area contributed by atoms with Crippen LogP contribution in [0.5, 0.6) is 5.75 Å². The summed E-state index contributed by atoms with van der Waals surface area (Å²) in [5, 5.41) is 31.3. The first-order chi connectivity index (χ1) is 14.6. The number of nitrogens with one attached hydrogen (secondary N) is 1. The molecule has 1 amide bonds. The first-order valence-electron chi connectivity index (χ1n) is 10.3. The molecule has 2 heterocycles. The van der Waals surface area contributed by atoms with Gasteiger partial charge in [-0.15, -0.1) is 0 Å². The van der Waals surface area contributed by atoms with E-state index in [1.165, 1.54) is 0 Å². The molecular formula is C22H26N4O4. The molecule has 1 aromatic heterocycles. The fourth-order valence-electron chi connectivity index (χ4n) is 3.71. The molecule has 1 aliphatic rings.